The molecule has 0 unspecified atom stereocenters. The van der Waals surface area contributed by atoms with E-state index in [1.165, 1.54) is 0 Å². The molecule has 30 heavy (non-hydrogen) atoms. The predicted octanol–water partition coefficient (Wildman–Crippen LogP) is 3.05. The highest BCUT2D eigenvalue weighted by Gasteiger charge is 2.41. The van der Waals surface area contributed by atoms with Crippen LogP contribution in [-0.4, -0.2) is 57.7 Å². The largest absolute Gasteiger partial charge is 0.385 e. The molecule has 0 saturated carbocycles. The maximum Gasteiger partial charge on any atom is 0.272 e. The second-order valence-corrected chi connectivity index (χ2v) is 7.65. The first kappa shape index (κ1) is 20.2. The van der Waals surface area contributed by atoms with E-state index in [1.54, 1.807) is 25.7 Å². The van der Waals surface area contributed by atoms with Crippen LogP contribution in [0.1, 0.15) is 41.1 Å². The number of pyridine rings is 2. The van der Waals surface area contributed by atoms with Crippen LogP contribution in [0.5, 0.6) is 0 Å². The molecule has 1 fully saturated rings. The number of hydrogen-bond acceptors (Lipinski definition) is 7. The zero-order valence-electron chi connectivity index (χ0n) is 17.2. The minimum absolute atomic E-state index is 0.0300. The Morgan fingerprint density at radius 2 is 2.03 bits per heavy atom. The van der Waals surface area contributed by atoms with Crippen LogP contribution in [0.3, 0.4) is 0 Å². The van der Waals surface area contributed by atoms with Crippen molar-refractivity contribution in [2.75, 3.05) is 26.8 Å². The molecule has 0 aromatic carbocycles. The van der Waals surface area contributed by atoms with Crippen molar-refractivity contribution in [2.24, 2.45) is 0 Å². The second-order valence-electron chi connectivity index (χ2n) is 7.65. The third kappa shape index (κ3) is 3.95. The number of carbonyl (C=O) groups excluding carboxylic acids is 1. The Morgan fingerprint density at radius 3 is 2.73 bits per heavy atom. The van der Waals surface area contributed by atoms with Gasteiger partial charge in [-0.2, -0.15) is 4.98 Å². The highest BCUT2D eigenvalue weighted by atomic mass is 16.5. The van der Waals surface area contributed by atoms with Crippen molar-refractivity contribution in [2.45, 2.75) is 31.6 Å². The average molecular weight is 407 g/mol. The molecular formula is C22H25N5O3. The summed E-state index contributed by atoms with van der Waals surface area (Å²) in [7, 11) is 1.69. The van der Waals surface area contributed by atoms with Gasteiger partial charge in [0.05, 0.1) is 5.56 Å². The number of likely N-dealkylation sites (tertiary alicyclic amines) is 1. The summed E-state index contributed by atoms with van der Waals surface area (Å²) in [5, 5.41) is 4.30. The van der Waals surface area contributed by atoms with Gasteiger partial charge >= 0.3 is 0 Å². The molecule has 0 atom stereocenters. The van der Waals surface area contributed by atoms with Gasteiger partial charge in [0.25, 0.3) is 11.8 Å². The molecule has 0 N–H and O–H groups in total. The number of hydrogen-bond donors (Lipinski definition) is 0. The van der Waals surface area contributed by atoms with Crippen molar-refractivity contribution in [1.82, 2.24) is 25.0 Å². The number of carbonyl (C=O) groups is 1. The summed E-state index contributed by atoms with van der Waals surface area (Å²) in [6.07, 6.45) is 7.30. The zero-order chi connectivity index (χ0) is 21.0. The van der Waals surface area contributed by atoms with Crippen LogP contribution < -0.4 is 0 Å². The van der Waals surface area contributed by atoms with Crippen molar-refractivity contribution in [3.05, 3.63) is 59.9 Å². The topological polar surface area (TPSA) is 94.2 Å². The molecule has 1 aliphatic rings. The molecule has 0 bridgehead atoms. The summed E-state index contributed by atoms with van der Waals surface area (Å²) in [6.45, 7) is 3.71. The van der Waals surface area contributed by atoms with Crippen LogP contribution in [0.25, 0.3) is 11.5 Å². The summed E-state index contributed by atoms with van der Waals surface area (Å²) in [5.41, 5.74) is 1.89. The Balaban J connectivity index is 1.54. The number of amides is 1. The normalized spacial score (nSPS) is 15.9. The smallest absolute Gasteiger partial charge is 0.272 e. The summed E-state index contributed by atoms with van der Waals surface area (Å²) in [4.78, 5) is 27.9. The van der Waals surface area contributed by atoms with Gasteiger partial charge in [0.15, 0.2) is 5.82 Å². The second kappa shape index (κ2) is 8.71. The van der Waals surface area contributed by atoms with Crippen molar-refractivity contribution >= 4 is 5.91 Å². The van der Waals surface area contributed by atoms with Gasteiger partial charge in [-0.1, -0.05) is 11.2 Å². The molecular weight excluding hydrogens is 382 g/mol. The minimum Gasteiger partial charge on any atom is -0.385 e. The first-order valence-corrected chi connectivity index (χ1v) is 10.1. The van der Waals surface area contributed by atoms with Crippen LogP contribution in [0.15, 0.2) is 47.4 Å². The first-order valence-electron chi connectivity index (χ1n) is 10.1. The quantitative estimate of drug-likeness (QED) is 0.620. The summed E-state index contributed by atoms with van der Waals surface area (Å²) >= 11 is 0. The number of aromatic nitrogens is 4. The van der Waals surface area contributed by atoms with E-state index in [9.17, 15) is 4.79 Å². The molecule has 8 heteroatoms. The van der Waals surface area contributed by atoms with Gasteiger partial charge in [-0.15, -0.1) is 0 Å². The molecule has 4 rings (SSSR count). The number of ether oxygens (including phenoxy) is 1. The van der Waals surface area contributed by atoms with Crippen molar-refractivity contribution < 1.29 is 14.1 Å². The standard InChI is InChI=1S/C22H25N5O3/c1-16-5-3-11-24-18(16)20(28)27-12-7-22(8-13-27,9-14-29-2)21-25-19(30-26-21)17-6-4-10-23-15-17/h3-6,10-11,15H,7-9,12-14H2,1-2H3. The summed E-state index contributed by atoms with van der Waals surface area (Å²) < 4.78 is 10.9. The number of methoxy groups -OCH3 is 1. The molecule has 1 amide bonds. The Labute approximate surface area is 175 Å². The van der Waals surface area contributed by atoms with Crippen LogP contribution in [0.2, 0.25) is 0 Å². The molecule has 8 nitrogen and oxygen atoms in total. The molecule has 4 heterocycles. The van der Waals surface area contributed by atoms with Crippen LogP contribution in [-0.2, 0) is 10.2 Å². The number of nitrogens with zero attached hydrogens (tertiary/aromatic N) is 5. The lowest BCUT2D eigenvalue weighted by Gasteiger charge is -2.39. The molecule has 0 aliphatic carbocycles. The maximum absolute atomic E-state index is 13.0. The molecule has 3 aromatic rings. The van der Waals surface area contributed by atoms with Gasteiger partial charge in [-0.3, -0.25) is 14.8 Å². The predicted molar refractivity (Wildman–Crippen MR) is 110 cm³/mol. The van der Waals surface area contributed by atoms with Crippen LogP contribution in [0.4, 0.5) is 0 Å². The Kier molecular flexibility index (Phi) is 5.85. The third-order valence-electron chi connectivity index (χ3n) is 5.81. The van der Waals surface area contributed by atoms with Crippen molar-refractivity contribution in [3.63, 3.8) is 0 Å². The Hall–Kier alpha value is -3.13. The van der Waals surface area contributed by atoms with E-state index < -0.39 is 0 Å². The van der Waals surface area contributed by atoms with Gasteiger partial charge < -0.3 is 14.2 Å². The van der Waals surface area contributed by atoms with Gasteiger partial charge in [0.1, 0.15) is 5.69 Å². The van der Waals surface area contributed by atoms with E-state index in [2.05, 4.69) is 20.1 Å². The fourth-order valence-electron chi connectivity index (χ4n) is 3.93. The summed E-state index contributed by atoms with van der Waals surface area (Å²) in [5.74, 6) is 1.09. The SMILES string of the molecule is COCCC1(c2noc(-c3cccnc3)n2)CCN(C(=O)c2ncccc2C)CC1. The Bertz CT molecular complexity index is 997. The molecule has 0 radical (unpaired) electrons. The van der Waals surface area contributed by atoms with Crippen LogP contribution >= 0.6 is 0 Å². The third-order valence-corrected chi connectivity index (χ3v) is 5.81. The lowest BCUT2D eigenvalue weighted by molar-refractivity contribution is 0.0610. The first-order chi connectivity index (χ1) is 14.6. The van der Waals surface area contributed by atoms with Crippen molar-refractivity contribution in [1.29, 1.82) is 0 Å². The molecule has 1 aliphatic heterocycles. The molecule has 1 saturated heterocycles. The zero-order valence-corrected chi connectivity index (χ0v) is 17.2. The maximum atomic E-state index is 13.0. The lowest BCUT2D eigenvalue weighted by atomic mass is 9.75. The highest BCUT2D eigenvalue weighted by Crippen LogP contribution is 2.38. The fourth-order valence-corrected chi connectivity index (χ4v) is 3.93. The monoisotopic (exact) mass is 407 g/mol. The number of aryl methyl sites for hydroxylation is 1. The van der Waals surface area contributed by atoms with Gasteiger partial charge in [0.2, 0.25) is 0 Å². The molecule has 156 valence electrons. The fraction of sp³-hybridized carbons (Fsp3) is 0.409. The van der Waals surface area contributed by atoms with E-state index in [0.717, 1.165) is 30.4 Å². The van der Waals surface area contributed by atoms with E-state index >= 15 is 0 Å². The van der Waals surface area contributed by atoms with E-state index in [0.29, 0.717) is 37.1 Å². The van der Waals surface area contributed by atoms with E-state index in [4.69, 9.17) is 9.26 Å². The molecule has 3 aromatic heterocycles. The number of rotatable bonds is 6. The van der Waals surface area contributed by atoms with Gasteiger partial charge in [0, 0.05) is 50.8 Å². The van der Waals surface area contributed by atoms with E-state index in [1.807, 2.05) is 36.1 Å². The number of piperidine rings is 1. The Morgan fingerprint density at radius 1 is 1.23 bits per heavy atom. The van der Waals surface area contributed by atoms with Crippen molar-refractivity contribution in [3.8, 4) is 11.5 Å². The van der Waals surface area contributed by atoms with Crippen LogP contribution in [0, 0.1) is 6.92 Å². The van der Waals surface area contributed by atoms with Gasteiger partial charge in [-0.05, 0) is 49.9 Å². The van der Waals surface area contributed by atoms with Gasteiger partial charge in [-0.25, -0.2) is 0 Å². The average Bonchev–Trinajstić information content (AvgIpc) is 3.30. The summed E-state index contributed by atoms with van der Waals surface area (Å²) in [6, 6.07) is 7.48. The highest BCUT2D eigenvalue weighted by molar-refractivity contribution is 5.93. The molecule has 0 spiro atoms. The minimum atomic E-state index is -0.296. The van der Waals surface area contributed by atoms with E-state index in [-0.39, 0.29) is 11.3 Å². The lowest BCUT2D eigenvalue weighted by Crippen LogP contribution is -2.46.